The van der Waals surface area contributed by atoms with Crippen LogP contribution in [0, 0.1) is 0 Å². The molecular formula is C14H31NNaO4S. The maximum absolute atomic E-state index is 11.0. The summed E-state index contributed by atoms with van der Waals surface area (Å²) in [6.07, 6.45) is 12.5. The minimum atomic E-state index is -3.86. The Morgan fingerprint density at radius 3 is 1.76 bits per heavy atom. The fourth-order valence-electron chi connectivity index (χ4n) is 1.97. The normalized spacial score (nSPS) is 11.3. The van der Waals surface area contributed by atoms with Gasteiger partial charge in [0.2, 0.25) is 0 Å². The fourth-order valence-corrected chi connectivity index (χ4v) is 2.53. The molecule has 1 N–H and O–H groups in total. The molecule has 0 rings (SSSR count). The van der Waals surface area contributed by atoms with Crippen molar-refractivity contribution in [3.63, 3.8) is 0 Å². The molecule has 0 aliphatic carbocycles. The average molecular weight is 332 g/mol. The second-order valence-corrected chi connectivity index (χ2v) is 6.19. The first-order valence-electron chi connectivity index (χ1n) is 7.93. The van der Waals surface area contributed by atoms with E-state index < -0.39 is 10.4 Å². The molecule has 0 aliphatic rings. The van der Waals surface area contributed by atoms with Crippen molar-refractivity contribution in [2.45, 2.75) is 78.1 Å². The Kier molecular flexibility index (Phi) is 19.7. The van der Waals surface area contributed by atoms with E-state index in [0.717, 1.165) is 12.8 Å². The van der Waals surface area contributed by atoms with Crippen molar-refractivity contribution in [3.05, 3.63) is 0 Å². The van der Waals surface area contributed by atoms with E-state index in [2.05, 4.69) is 20.9 Å². The first-order chi connectivity index (χ1) is 9.62. The number of unbranched alkanes of at least 4 members (excludes halogenated alkanes) is 9. The van der Waals surface area contributed by atoms with E-state index in [1.807, 2.05) is 0 Å². The molecule has 0 spiro atoms. The first-order valence-corrected chi connectivity index (χ1v) is 9.26. The minimum absolute atomic E-state index is 0. The van der Waals surface area contributed by atoms with Gasteiger partial charge in [-0.1, -0.05) is 64.7 Å². The van der Waals surface area contributed by atoms with Gasteiger partial charge in [0, 0.05) is 36.1 Å². The van der Waals surface area contributed by atoms with Crippen LogP contribution in [0.3, 0.4) is 0 Å². The standard InChI is InChI=1S/C14H31NO4S.Na/c1-3-5-6-7-8-9-10-11-12-13-14-15-19-20(16,17)18-4-2;/h15H,3-14H2,1-2H3;. The second kappa shape index (κ2) is 17.2. The smallest absolute Gasteiger partial charge is 0.247 e. The van der Waals surface area contributed by atoms with Crippen molar-refractivity contribution >= 4 is 40.0 Å². The number of hydroxylamine groups is 1. The summed E-state index contributed by atoms with van der Waals surface area (Å²) in [5.74, 6) is 0. The van der Waals surface area contributed by atoms with Gasteiger partial charge in [0.1, 0.15) is 0 Å². The van der Waals surface area contributed by atoms with Crippen molar-refractivity contribution in [2.75, 3.05) is 13.2 Å². The zero-order valence-electron chi connectivity index (χ0n) is 14.0. The number of nitrogens with one attached hydrogen (secondary N) is 1. The predicted molar refractivity (Wildman–Crippen MR) is 87.2 cm³/mol. The van der Waals surface area contributed by atoms with E-state index in [-0.39, 0.29) is 36.2 Å². The molecule has 123 valence electrons. The quantitative estimate of drug-likeness (QED) is 0.283. The number of hydrogen-bond donors (Lipinski definition) is 1. The van der Waals surface area contributed by atoms with Crippen molar-refractivity contribution in [3.8, 4) is 0 Å². The second-order valence-electron chi connectivity index (χ2n) is 4.97. The minimum Gasteiger partial charge on any atom is -0.247 e. The van der Waals surface area contributed by atoms with Crippen molar-refractivity contribution < 1.29 is 16.9 Å². The van der Waals surface area contributed by atoms with Crippen LogP contribution >= 0.6 is 0 Å². The van der Waals surface area contributed by atoms with Crippen LogP contribution in [0.4, 0.5) is 0 Å². The van der Waals surface area contributed by atoms with E-state index >= 15 is 0 Å². The third-order valence-corrected chi connectivity index (χ3v) is 3.90. The van der Waals surface area contributed by atoms with Gasteiger partial charge in [-0.2, -0.15) is 18.2 Å². The van der Waals surface area contributed by atoms with Crippen LogP contribution in [0.25, 0.3) is 0 Å². The summed E-state index contributed by atoms with van der Waals surface area (Å²) in [7, 11) is -3.86. The zero-order valence-corrected chi connectivity index (χ0v) is 16.8. The van der Waals surface area contributed by atoms with E-state index in [1.165, 1.54) is 51.4 Å². The Bertz CT molecular complexity index is 299. The van der Waals surface area contributed by atoms with Gasteiger partial charge in [-0.15, -0.1) is 0 Å². The van der Waals surface area contributed by atoms with Gasteiger partial charge >= 0.3 is 10.4 Å². The van der Waals surface area contributed by atoms with E-state index in [9.17, 15) is 8.42 Å². The Hall–Kier alpha value is 0.830. The van der Waals surface area contributed by atoms with Gasteiger partial charge < -0.3 is 0 Å². The van der Waals surface area contributed by atoms with Gasteiger partial charge in [-0.3, -0.25) is 0 Å². The van der Waals surface area contributed by atoms with E-state index in [0.29, 0.717) is 6.54 Å². The maximum atomic E-state index is 11.0. The van der Waals surface area contributed by atoms with Gasteiger partial charge in [0.25, 0.3) is 0 Å². The summed E-state index contributed by atoms with van der Waals surface area (Å²) in [6, 6.07) is 0. The van der Waals surface area contributed by atoms with E-state index in [4.69, 9.17) is 0 Å². The molecule has 0 aromatic rings. The Balaban J connectivity index is 0. The summed E-state index contributed by atoms with van der Waals surface area (Å²) >= 11 is 0. The van der Waals surface area contributed by atoms with Gasteiger partial charge in [0.05, 0.1) is 6.61 Å². The molecule has 0 bridgehead atoms. The predicted octanol–water partition coefficient (Wildman–Crippen LogP) is 3.33. The first kappa shape index (κ1) is 24.1. The van der Waals surface area contributed by atoms with Gasteiger partial charge in [-0.25, -0.2) is 4.18 Å². The molecule has 5 nitrogen and oxygen atoms in total. The molecule has 7 heteroatoms. The van der Waals surface area contributed by atoms with Crippen LogP contribution in [-0.2, 0) is 18.9 Å². The van der Waals surface area contributed by atoms with Gasteiger partial charge in [-0.05, 0) is 13.3 Å². The molecule has 0 heterocycles. The maximum Gasteiger partial charge on any atom is 0.416 e. The Labute approximate surface area is 153 Å². The zero-order chi connectivity index (χ0) is 15.1. The van der Waals surface area contributed by atoms with Gasteiger partial charge in [0.15, 0.2) is 0 Å². The van der Waals surface area contributed by atoms with Crippen LogP contribution < -0.4 is 5.48 Å². The molecule has 0 aliphatic heterocycles. The van der Waals surface area contributed by atoms with E-state index in [1.54, 1.807) is 6.92 Å². The largest absolute Gasteiger partial charge is 0.416 e. The summed E-state index contributed by atoms with van der Waals surface area (Å²) < 4.78 is 30.9. The molecule has 0 unspecified atom stereocenters. The van der Waals surface area contributed by atoms with Crippen LogP contribution in [0.5, 0.6) is 0 Å². The Morgan fingerprint density at radius 1 is 0.810 bits per heavy atom. The topological polar surface area (TPSA) is 64.6 Å². The van der Waals surface area contributed by atoms with Crippen LogP contribution in [-0.4, -0.2) is 51.1 Å². The molecule has 1 radical (unpaired) electrons. The third-order valence-electron chi connectivity index (χ3n) is 3.06. The van der Waals surface area contributed by atoms with Crippen LogP contribution in [0.15, 0.2) is 0 Å². The van der Waals surface area contributed by atoms with Crippen molar-refractivity contribution in [1.82, 2.24) is 5.48 Å². The molecule has 0 fully saturated rings. The van der Waals surface area contributed by atoms with Crippen LogP contribution in [0.2, 0.25) is 0 Å². The van der Waals surface area contributed by atoms with Crippen molar-refractivity contribution in [2.24, 2.45) is 0 Å². The summed E-state index contributed by atoms with van der Waals surface area (Å²) in [6.45, 7) is 4.45. The number of rotatable bonds is 15. The summed E-state index contributed by atoms with van der Waals surface area (Å²) in [5.41, 5.74) is 2.42. The molecule has 0 aromatic carbocycles. The Morgan fingerprint density at radius 2 is 1.29 bits per heavy atom. The average Bonchev–Trinajstić information content (AvgIpc) is 2.40. The molecule has 0 aromatic heterocycles. The summed E-state index contributed by atoms with van der Waals surface area (Å²) in [4.78, 5) is 0. The molecule has 0 atom stereocenters. The molecule has 21 heavy (non-hydrogen) atoms. The third kappa shape index (κ3) is 18.8. The van der Waals surface area contributed by atoms with Crippen LogP contribution in [0.1, 0.15) is 78.1 Å². The molecule has 0 saturated carbocycles. The number of hydrogen-bond acceptors (Lipinski definition) is 5. The summed E-state index contributed by atoms with van der Waals surface area (Å²) in [5, 5.41) is 0. The molecular weight excluding hydrogens is 301 g/mol. The fraction of sp³-hybridized carbons (Fsp3) is 1.00. The molecule has 0 amide bonds. The van der Waals surface area contributed by atoms with Crippen molar-refractivity contribution in [1.29, 1.82) is 0 Å². The SMILES string of the molecule is CCCCCCCCCCCCNOS(=O)(=O)OCC.[Na]. The molecule has 0 saturated heterocycles. The monoisotopic (exact) mass is 332 g/mol.